The predicted molar refractivity (Wildman–Crippen MR) is 81.6 cm³/mol. The van der Waals surface area contributed by atoms with Crippen molar-refractivity contribution in [3.63, 3.8) is 0 Å². The summed E-state index contributed by atoms with van der Waals surface area (Å²) in [6.07, 6.45) is -0.971. The lowest BCUT2D eigenvalue weighted by atomic mass is 10.3. The van der Waals surface area contributed by atoms with Gasteiger partial charge in [-0.2, -0.15) is 0 Å². The van der Waals surface area contributed by atoms with Crippen LogP contribution in [0.15, 0.2) is 56.7 Å². The van der Waals surface area contributed by atoms with Crippen molar-refractivity contribution in [3.8, 4) is 5.75 Å². The Kier molecular flexibility index (Phi) is 4.81. The fourth-order valence-corrected chi connectivity index (χ4v) is 2.69. The van der Waals surface area contributed by atoms with E-state index in [2.05, 4.69) is 15.9 Å². The van der Waals surface area contributed by atoms with Crippen molar-refractivity contribution >= 4 is 39.5 Å². The van der Waals surface area contributed by atoms with Gasteiger partial charge in [0.1, 0.15) is 5.75 Å². The van der Waals surface area contributed by atoms with E-state index in [1.54, 1.807) is 0 Å². The number of nitro groups is 1. The molecule has 0 saturated carbocycles. The van der Waals surface area contributed by atoms with Gasteiger partial charge in [0.05, 0.1) is 9.82 Å². The molecule has 1 amide bonds. The molecule has 0 radical (unpaired) electrons. The normalized spacial score (nSPS) is 10.1. The van der Waals surface area contributed by atoms with Crippen LogP contribution in [-0.4, -0.2) is 11.0 Å². The van der Waals surface area contributed by atoms with Gasteiger partial charge in [-0.3, -0.25) is 10.1 Å². The van der Waals surface area contributed by atoms with Crippen LogP contribution in [0.5, 0.6) is 5.75 Å². The van der Waals surface area contributed by atoms with Crippen LogP contribution in [0.2, 0.25) is 0 Å². The van der Waals surface area contributed by atoms with Gasteiger partial charge in [0.15, 0.2) is 0 Å². The molecule has 8 heteroatoms. The summed E-state index contributed by atoms with van der Waals surface area (Å²) in [6, 6.07) is 11.3. The number of hydrogen-bond donors (Lipinski definition) is 1. The number of carbonyl (C=O) groups excluding carboxylic acids is 1. The van der Waals surface area contributed by atoms with Gasteiger partial charge in [-0.25, -0.2) is 4.79 Å². The molecule has 0 spiro atoms. The van der Waals surface area contributed by atoms with Gasteiger partial charge in [0, 0.05) is 21.5 Å². The van der Waals surface area contributed by atoms with E-state index in [1.807, 2.05) is 24.3 Å². The Morgan fingerprint density at radius 1 is 1.24 bits per heavy atom. The third kappa shape index (κ3) is 4.20. The van der Waals surface area contributed by atoms with Gasteiger partial charge in [-0.05, 0) is 30.3 Å². The second kappa shape index (κ2) is 6.59. The van der Waals surface area contributed by atoms with E-state index in [4.69, 9.17) is 10.5 Å². The highest BCUT2D eigenvalue weighted by molar-refractivity contribution is 9.10. The highest BCUT2D eigenvalue weighted by Gasteiger charge is 2.14. The molecule has 0 aromatic heterocycles. The van der Waals surface area contributed by atoms with Gasteiger partial charge in [0.25, 0.3) is 5.69 Å². The van der Waals surface area contributed by atoms with E-state index < -0.39 is 11.0 Å². The molecule has 2 rings (SSSR count). The van der Waals surface area contributed by atoms with E-state index in [9.17, 15) is 14.9 Å². The zero-order valence-electron chi connectivity index (χ0n) is 10.5. The molecule has 2 aromatic rings. The summed E-state index contributed by atoms with van der Waals surface area (Å²) in [5, 5.41) is 10.8. The number of halogens is 1. The van der Waals surface area contributed by atoms with Crippen molar-refractivity contribution < 1.29 is 14.5 Å². The summed E-state index contributed by atoms with van der Waals surface area (Å²) in [5.74, 6) is 0.181. The maximum absolute atomic E-state index is 10.9. The second-order valence-corrected chi connectivity index (χ2v) is 5.90. The Labute approximate surface area is 132 Å². The first-order valence-corrected chi connectivity index (χ1v) is 7.26. The van der Waals surface area contributed by atoms with E-state index >= 15 is 0 Å². The van der Waals surface area contributed by atoms with Crippen LogP contribution in [0.25, 0.3) is 0 Å². The minimum Gasteiger partial charge on any atom is -0.409 e. The molecule has 0 heterocycles. The van der Waals surface area contributed by atoms with Crippen LogP contribution in [0.3, 0.4) is 0 Å². The molecular weight excluding hydrogens is 360 g/mol. The maximum atomic E-state index is 10.9. The van der Waals surface area contributed by atoms with Gasteiger partial charge >= 0.3 is 6.09 Å². The first kappa shape index (κ1) is 15.3. The van der Waals surface area contributed by atoms with E-state index in [1.165, 1.54) is 30.0 Å². The van der Waals surface area contributed by atoms with Crippen molar-refractivity contribution in [1.82, 2.24) is 0 Å². The van der Waals surface area contributed by atoms with E-state index in [0.29, 0.717) is 4.90 Å². The van der Waals surface area contributed by atoms with Gasteiger partial charge in [0.2, 0.25) is 0 Å². The zero-order chi connectivity index (χ0) is 15.4. The quantitative estimate of drug-likeness (QED) is 0.650. The summed E-state index contributed by atoms with van der Waals surface area (Å²) in [4.78, 5) is 22.5. The van der Waals surface area contributed by atoms with Crippen molar-refractivity contribution in [3.05, 3.63) is 57.1 Å². The van der Waals surface area contributed by atoms with E-state index in [0.717, 1.165) is 9.37 Å². The number of benzene rings is 2. The van der Waals surface area contributed by atoms with Crippen LogP contribution < -0.4 is 10.5 Å². The van der Waals surface area contributed by atoms with Crippen molar-refractivity contribution in [2.45, 2.75) is 9.79 Å². The lowest BCUT2D eigenvalue weighted by molar-refractivity contribution is -0.385. The average Bonchev–Trinajstić information content (AvgIpc) is 2.42. The highest BCUT2D eigenvalue weighted by Crippen LogP contribution is 2.37. The zero-order valence-corrected chi connectivity index (χ0v) is 12.9. The Balaban J connectivity index is 2.37. The molecule has 0 unspecified atom stereocenters. The molecule has 108 valence electrons. The van der Waals surface area contributed by atoms with Crippen LogP contribution in [0, 0.1) is 10.1 Å². The number of carbonyl (C=O) groups is 1. The fraction of sp³-hybridized carbons (Fsp3) is 0. The molecule has 0 fully saturated rings. The van der Waals surface area contributed by atoms with E-state index in [-0.39, 0.29) is 11.4 Å². The summed E-state index contributed by atoms with van der Waals surface area (Å²) >= 11 is 4.56. The Morgan fingerprint density at radius 2 is 1.90 bits per heavy atom. The Morgan fingerprint density at radius 3 is 2.48 bits per heavy atom. The number of amides is 1. The topological polar surface area (TPSA) is 95.5 Å². The number of rotatable bonds is 4. The molecule has 0 aliphatic heterocycles. The molecule has 2 N–H and O–H groups in total. The Bertz CT molecular complexity index is 691. The molecule has 0 bridgehead atoms. The summed E-state index contributed by atoms with van der Waals surface area (Å²) in [7, 11) is 0. The molecular formula is C13H9BrN2O4S. The minimum absolute atomic E-state index is 0.0913. The third-order valence-electron chi connectivity index (χ3n) is 2.39. The van der Waals surface area contributed by atoms with Crippen molar-refractivity contribution in [1.29, 1.82) is 0 Å². The Hall–Kier alpha value is -2.06. The largest absolute Gasteiger partial charge is 0.410 e. The van der Waals surface area contributed by atoms with Gasteiger partial charge < -0.3 is 10.5 Å². The summed E-state index contributed by atoms with van der Waals surface area (Å²) in [5.41, 5.74) is 4.90. The highest BCUT2D eigenvalue weighted by atomic mass is 79.9. The van der Waals surface area contributed by atoms with Gasteiger partial charge in [-0.15, -0.1) is 0 Å². The first-order valence-electron chi connectivity index (χ1n) is 5.65. The standard InChI is InChI=1S/C13H9BrN2O4S/c14-8-1-4-10(5-2-8)21-12-7-9(16(18)19)3-6-11(12)20-13(15)17/h1-7H,(H2,15,17). The summed E-state index contributed by atoms with van der Waals surface area (Å²) < 4.78 is 5.78. The fourth-order valence-electron chi connectivity index (χ4n) is 1.51. The molecule has 0 aliphatic carbocycles. The molecule has 21 heavy (non-hydrogen) atoms. The van der Waals surface area contributed by atoms with Crippen LogP contribution >= 0.6 is 27.7 Å². The number of ether oxygens (including phenoxy) is 1. The first-order chi connectivity index (χ1) is 9.95. The van der Waals surface area contributed by atoms with Gasteiger partial charge in [-0.1, -0.05) is 27.7 Å². The smallest absolute Gasteiger partial charge is 0.409 e. The molecule has 2 aromatic carbocycles. The molecule has 0 saturated heterocycles. The predicted octanol–water partition coefficient (Wildman–Crippen LogP) is 3.97. The summed E-state index contributed by atoms with van der Waals surface area (Å²) in [6.45, 7) is 0. The number of primary amides is 1. The maximum Gasteiger partial charge on any atom is 0.410 e. The van der Waals surface area contributed by atoms with Crippen molar-refractivity contribution in [2.24, 2.45) is 5.73 Å². The third-order valence-corrected chi connectivity index (χ3v) is 3.97. The van der Waals surface area contributed by atoms with Crippen LogP contribution in [0.1, 0.15) is 0 Å². The lowest BCUT2D eigenvalue weighted by Crippen LogP contribution is -2.16. The van der Waals surface area contributed by atoms with Crippen LogP contribution in [-0.2, 0) is 0 Å². The number of nitrogens with zero attached hydrogens (tertiary/aromatic N) is 1. The number of hydrogen-bond acceptors (Lipinski definition) is 5. The monoisotopic (exact) mass is 368 g/mol. The minimum atomic E-state index is -0.971. The molecule has 0 atom stereocenters. The number of nitrogens with two attached hydrogens (primary N) is 1. The van der Waals surface area contributed by atoms with Crippen molar-refractivity contribution in [2.75, 3.05) is 0 Å². The number of non-ortho nitro benzene ring substituents is 1. The lowest BCUT2D eigenvalue weighted by Gasteiger charge is -2.08. The second-order valence-electron chi connectivity index (χ2n) is 3.87. The van der Waals surface area contributed by atoms with Crippen LogP contribution in [0.4, 0.5) is 10.5 Å². The number of nitro benzene ring substituents is 1. The molecule has 0 aliphatic rings. The average molecular weight is 369 g/mol. The molecule has 6 nitrogen and oxygen atoms in total. The SMILES string of the molecule is NC(=O)Oc1ccc([N+](=O)[O-])cc1Sc1ccc(Br)cc1.